The molecule has 144 valence electrons. The Hall–Kier alpha value is -1.41. The van der Waals surface area contributed by atoms with Gasteiger partial charge in [0.25, 0.3) is 0 Å². The lowest BCUT2D eigenvalue weighted by molar-refractivity contribution is -0.0298. The van der Waals surface area contributed by atoms with E-state index in [9.17, 15) is 5.11 Å². The van der Waals surface area contributed by atoms with Gasteiger partial charge in [0, 0.05) is 12.4 Å². The van der Waals surface area contributed by atoms with E-state index in [1.54, 1.807) is 11.1 Å². The van der Waals surface area contributed by atoms with Crippen molar-refractivity contribution >= 4 is 0 Å². The molecule has 0 amide bonds. The van der Waals surface area contributed by atoms with E-state index in [0.717, 1.165) is 37.0 Å². The van der Waals surface area contributed by atoms with Gasteiger partial charge < -0.3 is 5.11 Å². The molecule has 1 unspecified atom stereocenters. The Morgan fingerprint density at radius 3 is 2.74 bits per heavy atom. The van der Waals surface area contributed by atoms with Crippen molar-refractivity contribution in [2.75, 3.05) is 0 Å². The van der Waals surface area contributed by atoms with Crippen LogP contribution in [0.1, 0.15) is 64.4 Å². The van der Waals surface area contributed by atoms with Gasteiger partial charge in [-0.2, -0.15) is 0 Å². The molecule has 0 spiro atoms. The van der Waals surface area contributed by atoms with Gasteiger partial charge in [-0.3, -0.25) is 4.98 Å². The molecule has 0 radical (unpaired) electrons. The van der Waals surface area contributed by atoms with Crippen molar-refractivity contribution in [3.63, 3.8) is 0 Å². The van der Waals surface area contributed by atoms with E-state index < -0.39 is 0 Å². The van der Waals surface area contributed by atoms with Gasteiger partial charge in [0.1, 0.15) is 0 Å². The third kappa shape index (κ3) is 2.67. The van der Waals surface area contributed by atoms with Gasteiger partial charge in [0.05, 0.1) is 6.10 Å². The van der Waals surface area contributed by atoms with E-state index >= 15 is 0 Å². The highest BCUT2D eigenvalue weighted by atomic mass is 16.3. The summed E-state index contributed by atoms with van der Waals surface area (Å²) >= 11 is 0. The van der Waals surface area contributed by atoms with Gasteiger partial charge in [-0.1, -0.05) is 43.2 Å². The first-order chi connectivity index (χ1) is 13.0. The molecule has 4 aliphatic rings. The minimum absolute atomic E-state index is 0.103. The zero-order valence-electron chi connectivity index (χ0n) is 16.8. The van der Waals surface area contributed by atoms with Gasteiger partial charge >= 0.3 is 0 Å². The van der Waals surface area contributed by atoms with Crippen LogP contribution in [0.25, 0.3) is 0 Å². The van der Waals surface area contributed by atoms with Crippen molar-refractivity contribution in [2.24, 2.45) is 28.6 Å². The topological polar surface area (TPSA) is 33.1 Å². The molecule has 2 nitrogen and oxygen atoms in total. The van der Waals surface area contributed by atoms with Crippen LogP contribution < -0.4 is 0 Å². The molecule has 6 atom stereocenters. The summed E-state index contributed by atoms with van der Waals surface area (Å²) in [6.07, 6.45) is 18.3. The first kappa shape index (κ1) is 17.7. The van der Waals surface area contributed by atoms with Crippen molar-refractivity contribution in [3.05, 3.63) is 53.4 Å². The number of allylic oxidation sites excluding steroid dienone is 3. The van der Waals surface area contributed by atoms with Gasteiger partial charge in [0.2, 0.25) is 0 Å². The van der Waals surface area contributed by atoms with Crippen molar-refractivity contribution in [2.45, 2.75) is 71.3 Å². The summed E-state index contributed by atoms with van der Waals surface area (Å²) in [5.74, 6) is 2.43. The third-order valence-electron chi connectivity index (χ3n) is 8.94. The largest absolute Gasteiger partial charge is 0.393 e. The minimum Gasteiger partial charge on any atom is -0.393 e. The lowest BCUT2D eigenvalue weighted by Gasteiger charge is -2.57. The summed E-state index contributed by atoms with van der Waals surface area (Å²) in [6.45, 7) is 5.07. The summed E-state index contributed by atoms with van der Waals surface area (Å²) in [4.78, 5) is 4.32. The Labute approximate surface area is 163 Å². The summed E-state index contributed by atoms with van der Waals surface area (Å²) in [5.41, 5.74) is 5.31. The second kappa shape index (κ2) is 6.30. The summed E-state index contributed by atoms with van der Waals surface area (Å²) in [7, 11) is 0. The summed E-state index contributed by atoms with van der Waals surface area (Å²) in [5, 5.41) is 10.2. The Balaban J connectivity index is 1.41. The minimum atomic E-state index is -0.103. The molecule has 1 aromatic heterocycles. The lowest BCUT2D eigenvalue weighted by Crippen LogP contribution is -2.50. The average Bonchev–Trinajstić information content (AvgIpc) is 3.00. The lowest BCUT2D eigenvalue weighted by atomic mass is 9.47. The van der Waals surface area contributed by atoms with Crippen molar-refractivity contribution in [1.29, 1.82) is 0 Å². The van der Waals surface area contributed by atoms with Crippen molar-refractivity contribution in [1.82, 2.24) is 4.98 Å². The molecule has 2 fully saturated rings. The summed E-state index contributed by atoms with van der Waals surface area (Å²) in [6, 6.07) is 4.29. The number of hydrogen-bond donors (Lipinski definition) is 1. The molecule has 1 heterocycles. The van der Waals surface area contributed by atoms with Crippen LogP contribution in [0, 0.1) is 28.6 Å². The SMILES string of the molecule is C[C@]12CCC(O)CC1=CC[C@@H]1[C@@H]2CC[C@]2(C)C(Cc3cccnc3)=CC[C@@H]12. The fourth-order valence-electron chi connectivity index (χ4n) is 7.29. The van der Waals surface area contributed by atoms with Crippen LogP contribution in [0.4, 0.5) is 0 Å². The van der Waals surface area contributed by atoms with Gasteiger partial charge in [-0.15, -0.1) is 0 Å². The maximum Gasteiger partial charge on any atom is 0.0577 e. The van der Waals surface area contributed by atoms with Gasteiger partial charge in [-0.05, 0) is 91.6 Å². The Morgan fingerprint density at radius 1 is 1.07 bits per heavy atom. The number of hydrogen-bond acceptors (Lipinski definition) is 2. The van der Waals surface area contributed by atoms with E-state index in [0.29, 0.717) is 10.8 Å². The first-order valence-corrected chi connectivity index (χ1v) is 11.0. The Kier molecular flexibility index (Phi) is 4.13. The molecule has 2 heteroatoms. The van der Waals surface area contributed by atoms with E-state index in [1.165, 1.54) is 37.7 Å². The van der Waals surface area contributed by atoms with Crippen LogP contribution in [-0.4, -0.2) is 16.2 Å². The van der Waals surface area contributed by atoms with Gasteiger partial charge in [-0.25, -0.2) is 0 Å². The smallest absolute Gasteiger partial charge is 0.0577 e. The molecular weight excluding hydrogens is 330 g/mol. The second-order valence-corrected chi connectivity index (χ2v) is 10.1. The highest BCUT2D eigenvalue weighted by Gasteiger charge is 2.56. The molecule has 27 heavy (non-hydrogen) atoms. The Morgan fingerprint density at radius 2 is 1.93 bits per heavy atom. The van der Waals surface area contributed by atoms with E-state index in [-0.39, 0.29) is 6.10 Å². The maximum atomic E-state index is 10.2. The van der Waals surface area contributed by atoms with Crippen molar-refractivity contribution in [3.8, 4) is 0 Å². The standard InChI is InChI=1S/C25H33NO/c1-24-11-9-20(27)15-19(24)5-7-21-22-8-6-18(14-17-4-3-13-26-16-17)25(22,2)12-10-23(21)24/h3-6,13,16,20-23,27H,7-12,14-15H2,1-2H3/t20?,21-,22-,23-,24-,25+/m0/s1. The monoisotopic (exact) mass is 363 g/mol. The highest BCUT2D eigenvalue weighted by molar-refractivity contribution is 5.33. The quantitative estimate of drug-likeness (QED) is 0.705. The molecule has 0 aromatic carbocycles. The van der Waals surface area contributed by atoms with Crippen LogP contribution in [0.5, 0.6) is 0 Å². The predicted octanol–water partition coefficient (Wildman–Crippen LogP) is 5.48. The normalized spacial score (nSPS) is 43.2. The molecule has 1 aromatic rings. The van der Waals surface area contributed by atoms with E-state index in [4.69, 9.17) is 0 Å². The number of fused-ring (bicyclic) bond motifs is 5. The van der Waals surface area contributed by atoms with Crippen LogP contribution in [0.2, 0.25) is 0 Å². The predicted molar refractivity (Wildman–Crippen MR) is 109 cm³/mol. The highest BCUT2D eigenvalue weighted by Crippen LogP contribution is 2.65. The molecule has 2 saturated carbocycles. The van der Waals surface area contributed by atoms with Crippen LogP contribution in [0.3, 0.4) is 0 Å². The molecule has 0 bridgehead atoms. The fraction of sp³-hybridized carbons (Fsp3) is 0.640. The third-order valence-corrected chi connectivity index (χ3v) is 8.94. The number of rotatable bonds is 2. The van der Waals surface area contributed by atoms with Gasteiger partial charge in [0.15, 0.2) is 0 Å². The molecule has 4 aliphatic carbocycles. The molecule has 1 N–H and O–H groups in total. The van der Waals surface area contributed by atoms with E-state index in [1.807, 2.05) is 12.4 Å². The Bertz CT molecular complexity index is 781. The summed E-state index contributed by atoms with van der Waals surface area (Å²) < 4.78 is 0. The number of aromatic nitrogens is 1. The second-order valence-electron chi connectivity index (χ2n) is 10.1. The number of aliphatic hydroxyl groups excluding tert-OH is 1. The van der Waals surface area contributed by atoms with Crippen LogP contribution in [-0.2, 0) is 6.42 Å². The molecule has 0 saturated heterocycles. The van der Waals surface area contributed by atoms with Crippen molar-refractivity contribution < 1.29 is 5.11 Å². The molecule has 0 aliphatic heterocycles. The first-order valence-electron chi connectivity index (χ1n) is 11.0. The average molecular weight is 364 g/mol. The zero-order valence-corrected chi connectivity index (χ0v) is 16.8. The molecule has 5 rings (SSSR count). The number of nitrogens with zero attached hydrogens (tertiary/aromatic N) is 1. The van der Waals surface area contributed by atoms with Crippen LogP contribution >= 0.6 is 0 Å². The van der Waals surface area contributed by atoms with E-state index in [2.05, 4.69) is 43.1 Å². The number of pyridine rings is 1. The number of aliphatic hydroxyl groups is 1. The van der Waals surface area contributed by atoms with Crippen LogP contribution in [0.15, 0.2) is 47.8 Å². The zero-order chi connectivity index (χ0) is 18.6. The molecular formula is C25H33NO. The maximum absolute atomic E-state index is 10.2. The fourth-order valence-corrected chi connectivity index (χ4v) is 7.29.